The van der Waals surface area contributed by atoms with Crippen molar-refractivity contribution in [3.63, 3.8) is 0 Å². The molecule has 6 atom stereocenters. The predicted molar refractivity (Wildman–Crippen MR) is 206 cm³/mol. The summed E-state index contributed by atoms with van der Waals surface area (Å²) in [6.45, 7) is 9.60. The summed E-state index contributed by atoms with van der Waals surface area (Å²) in [5.74, 6) is -2.36. The largest absolute Gasteiger partial charge is 0.385 e. The van der Waals surface area contributed by atoms with Crippen molar-refractivity contribution in [1.29, 1.82) is 0 Å². The zero-order valence-electron chi connectivity index (χ0n) is 33.5. The van der Waals surface area contributed by atoms with Gasteiger partial charge in [0.15, 0.2) is 0 Å². The Bertz CT molecular complexity index is 1120. The Morgan fingerprint density at radius 1 is 0.811 bits per heavy atom. The number of carbonyl (C=O) groups excluding carboxylic acids is 5. The predicted octanol–water partition coefficient (Wildman–Crippen LogP) is 1.02. The van der Waals surface area contributed by atoms with E-state index in [-0.39, 0.29) is 30.9 Å². The number of nitrogens with two attached hydrogens (primary N) is 2. The van der Waals surface area contributed by atoms with Crippen LogP contribution in [0.4, 0.5) is 0 Å². The SMILES string of the molecule is CCCCCCN1C[C@@H](C)NC(=O)[C@H](COCCCN)NC(=O)[C@H](CN)NC(=O)[C@H](C2CCCCC2)NC(=O)[C@H](CC(C)C)N(C)C(=O)[C@@H]1CCOC. The van der Waals surface area contributed by atoms with E-state index in [4.69, 9.17) is 20.9 Å². The van der Waals surface area contributed by atoms with Gasteiger partial charge in [0, 0.05) is 46.5 Å². The van der Waals surface area contributed by atoms with Crippen LogP contribution in [0.15, 0.2) is 0 Å². The molecule has 0 aromatic heterocycles. The van der Waals surface area contributed by atoms with Gasteiger partial charge in [0.05, 0.1) is 12.6 Å². The van der Waals surface area contributed by atoms with Gasteiger partial charge in [-0.3, -0.25) is 28.9 Å². The first kappa shape index (κ1) is 46.3. The zero-order chi connectivity index (χ0) is 39.3. The van der Waals surface area contributed by atoms with Crippen LogP contribution in [0, 0.1) is 11.8 Å². The third-order valence-electron chi connectivity index (χ3n) is 10.3. The molecule has 0 radical (unpaired) electrons. The minimum Gasteiger partial charge on any atom is -0.385 e. The van der Waals surface area contributed by atoms with E-state index in [9.17, 15) is 24.0 Å². The van der Waals surface area contributed by atoms with Gasteiger partial charge in [0.2, 0.25) is 29.5 Å². The van der Waals surface area contributed by atoms with E-state index in [1.807, 2.05) is 20.8 Å². The van der Waals surface area contributed by atoms with Crippen molar-refractivity contribution >= 4 is 29.5 Å². The fourth-order valence-electron chi connectivity index (χ4n) is 7.27. The van der Waals surface area contributed by atoms with E-state index in [1.165, 1.54) is 4.90 Å². The summed E-state index contributed by atoms with van der Waals surface area (Å²) in [4.78, 5) is 74.1. The molecule has 15 nitrogen and oxygen atoms in total. The molecule has 5 amide bonds. The van der Waals surface area contributed by atoms with Gasteiger partial charge in [-0.25, -0.2) is 0 Å². The number of methoxy groups -OCH3 is 1. The maximum atomic E-state index is 14.6. The second-order valence-electron chi connectivity index (χ2n) is 15.3. The molecule has 0 unspecified atom stereocenters. The summed E-state index contributed by atoms with van der Waals surface area (Å²) in [6, 6.07) is -5.13. The quantitative estimate of drug-likeness (QED) is 0.116. The Hall–Kier alpha value is -2.85. The molecule has 2 rings (SSSR count). The molecule has 0 aromatic rings. The number of hydrogen-bond donors (Lipinski definition) is 6. The van der Waals surface area contributed by atoms with Crippen LogP contribution in [0.5, 0.6) is 0 Å². The average Bonchev–Trinajstić information content (AvgIpc) is 3.13. The average molecular weight is 753 g/mol. The molecule has 2 aliphatic rings. The highest BCUT2D eigenvalue weighted by Gasteiger charge is 2.39. The Kier molecular flexibility index (Phi) is 22.1. The van der Waals surface area contributed by atoms with Gasteiger partial charge in [0.1, 0.15) is 24.2 Å². The highest BCUT2D eigenvalue weighted by Crippen LogP contribution is 2.27. The normalized spacial score (nSPS) is 26.8. The Balaban J connectivity index is 2.65. The first-order valence-corrected chi connectivity index (χ1v) is 20.1. The third-order valence-corrected chi connectivity index (χ3v) is 10.3. The summed E-state index contributed by atoms with van der Waals surface area (Å²) in [6.07, 6.45) is 9.59. The number of hydrogen-bond acceptors (Lipinski definition) is 10. The van der Waals surface area contributed by atoms with Crippen molar-refractivity contribution < 1.29 is 33.4 Å². The van der Waals surface area contributed by atoms with E-state index < -0.39 is 59.9 Å². The van der Waals surface area contributed by atoms with Crippen LogP contribution < -0.4 is 32.7 Å². The highest BCUT2D eigenvalue weighted by atomic mass is 16.5. The van der Waals surface area contributed by atoms with Crippen molar-refractivity contribution in [3.8, 4) is 0 Å². The topological polar surface area (TPSA) is 210 Å². The molecule has 306 valence electrons. The van der Waals surface area contributed by atoms with Crippen LogP contribution in [0.2, 0.25) is 0 Å². The van der Waals surface area contributed by atoms with Gasteiger partial charge in [0.25, 0.3) is 0 Å². The van der Waals surface area contributed by atoms with Crippen molar-refractivity contribution in [2.45, 2.75) is 141 Å². The van der Waals surface area contributed by atoms with E-state index in [0.29, 0.717) is 52.1 Å². The minimum absolute atomic E-state index is 0.0659. The molecule has 1 aliphatic heterocycles. The summed E-state index contributed by atoms with van der Waals surface area (Å²) < 4.78 is 11.2. The van der Waals surface area contributed by atoms with Crippen molar-refractivity contribution in [1.82, 2.24) is 31.1 Å². The van der Waals surface area contributed by atoms with Crippen molar-refractivity contribution in [2.75, 3.05) is 60.2 Å². The lowest BCUT2D eigenvalue weighted by Crippen LogP contribution is -2.63. The molecule has 1 saturated carbocycles. The van der Waals surface area contributed by atoms with E-state index in [0.717, 1.165) is 57.8 Å². The van der Waals surface area contributed by atoms with Crippen LogP contribution >= 0.6 is 0 Å². The summed E-state index contributed by atoms with van der Waals surface area (Å²) >= 11 is 0. The monoisotopic (exact) mass is 753 g/mol. The van der Waals surface area contributed by atoms with Crippen molar-refractivity contribution in [2.24, 2.45) is 23.3 Å². The maximum absolute atomic E-state index is 14.6. The van der Waals surface area contributed by atoms with Gasteiger partial charge in [-0.05, 0) is 70.4 Å². The molecule has 8 N–H and O–H groups in total. The molecule has 2 fully saturated rings. The minimum atomic E-state index is -1.17. The van der Waals surface area contributed by atoms with Gasteiger partial charge >= 0.3 is 0 Å². The molecule has 1 aliphatic carbocycles. The van der Waals surface area contributed by atoms with E-state index in [1.54, 1.807) is 14.2 Å². The highest BCUT2D eigenvalue weighted by molar-refractivity contribution is 5.96. The van der Waals surface area contributed by atoms with Crippen LogP contribution in [-0.2, 0) is 33.4 Å². The second-order valence-corrected chi connectivity index (χ2v) is 15.3. The lowest BCUT2D eigenvalue weighted by Gasteiger charge is -2.39. The van der Waals surface area contributed by atoms with Gasteiger partial charge < -0.3 is 47.1 Å². The molecule has 0 spiro atoms. The number of carbonyl (C=O) groups is 5. The Labute approximate surface area is 318 Å². The van der Waals surface area contributed by atoms with E-state index >= 15 is 0 Å². The van der Waals surface area contributed by atoms with Crippen molar-refractivity contribution in [3.05, 3.63) is 0 Å². The molecule has 0 aromatic carbocycles. The Morgan fingerprint density at radius 3 is 2.11 bits per heavy atom. The summed E-state index contributed by atoms with van der Waals surface area (Å²) in [5.41, 5.74) is 11.7. The number of ether oxygens (including phenoxy) is 2. The number of rotatable bonds is 17. The first-order valence-electron chi connectivity index (χ1n) is 20.1. The number of amides is 5. The molecule has 15 heteroatoms. The van der Waals surface area contributed by atoms with Crippen LogP contribution in [0.1, 0.15) is 105 Å². The van der Waals surface area contributed by atoms with Gasteiger partial charge in [-0.2, -0.15) is 0 Å². The standard InChI is InChI=1S/C38H72N8O7/c1-7-8-9-13-19-46-24-27(4)41-35(48)30(25-53-20-14-18-39)43-34(47)29(23-40)42-37(50)33(28-15-11-10-12-16-28)44-36(49)32(22-26(2)3)45(5)38(51)31(46)17-21-52-6/h26-33H,7-25,39-40H2,1-6H3,(H,41,48)(H,42,50)(H,43,47)(H,44,49)/t27-,29+,30+,31+,32+,33+/m1/s1. The molecule has 0 bridgehead atoms. The molecular formula is C38H72N8O7. The smallest absolute Gasteiger partial charge is 0.245 e. The lowest BCUT2D eigenvalue weighted by atomic mass is 9.83. The van der Waals surface area contributed by atoms with Crippen LogP contribution in [0.3, 0.4) is 0 Å². The number of nitrogens with zero attached hydrogens (tertiary/aromatic N) is 2. The van der Waals surface area contributed by atoms with Crippen LogP contribution in [-0.4, -0.2) is 136 Å². The fraction of sp³-hybridized carbons (Fsp3) is 0.868. The summed E-state index contributed by atoms with van der Waals surface area (Å²) in [7, 11) is 3.25. The van der Waals surface area contributed by atoms with Gasteiger partial charge in [-0.15, -0.1) is 0 Å². The number of likely N-dealkylation sites (N-methyl/N-ethyl adjacent to an activating group) is 1. The summed E-state index contributed by atoms with van der Waals surface area (Å²) in [5, 5.41) is 11.6. The maximum Gasteiger partial charge on any atom is 0.245 e. The molecule has 1 heterocycles. The molecule has 1 saturated heterocycles. The first-order chi connectivity index (χ1) is 25.4. The lowest BCUT2D eigenvalue weighted by molar-refractivity contribution is -0.145. The third kappa shape index (κ3) is 15.8. The van der Waals surface area contributed by atoms with Gasteiger partial charge in [-0.1, -0.05) is 59.3 Å². The molecule has 53 heavy (non-hydrogen) atoms. The number of nitrogens with one attached hydrogen (secondary N) is 4. The molecular weight excluding hydrogens is 680 g/mol. The second kappa shape index (κ2) is 25.3. The Morgan fingerprint density at radius 2 is 1.49 bits per heavy atom. The van der Waals surface area contributed by atoms with E-state index in [2.05, 4.69) is 33.1 Å². The zero-order valence-corrected chi connectivity index (χ0v) is 33.5. The number of unbranched alkanes of at least 4 members (excludes halogenated alkanes) is 3. The fourth-order valence-corrected chi connectivity index (χ4v) is 7.27. The van der Waals surface area contributed by atoms with Crippen LogP contribution in [0.25, 0.3) is 0 Å².